The zero-order valence-corrected chi connectivity index (χ0v) is 15.0. The van der Waals surface area contributed by atoms with Crippen LogP contribution in [0.3, 0.4) is 0 Å². The second-order valence-corrected chi connectivity index (χ2v) is 6.42. The van der Waals surface area contributed by atoms with Gasteiger partial charge in [-0.05, 0) is 58.2 Å². The molecule has 1 N–H and O–H groups in total. The first-order valence-electron chi connectivity index (χ1n) is 7.55. The lowest BCUT2D eigenvalue weighted by molar-refractivity contribution is -0.116. The van der Waals surface area contributed by atoms with Gasteiger partial charge in [0.25, 0.3) is 5.91 Å². The summed E-state index contributed by atoms with van der Waals surface area (Å²) in [6.07, 6.45) is 0.842. The third-order valence-corrected chi connectivity index (χ3v) is 4.65. The molecule has 2 aromatic carbocycles. The minimum Gasteiger partial charge on any atom is -0.496 e. The molecule has 24 heavy (non-hydrogen) atoms. The number of carbonyl (C=O) groups is 2. The summed E-state index contributed by atoms with van der Waals surface area (Å²) in [5, 5.41) is 2.87. The van der Waals surface area contributed by atoms with Gasteiger partial charge in [0.15, 0.2) is 0 Å². The minimum atomic E-state index is -0.217. The van der Waals surface area contributed by atoms with Crippen LogP contribution in [0.4, 0.5) is 11.4 Å². The molecule has 2 amide bonds. The zero-order valence-electron chi connectivity index (χ0n) is 13.4. The number of anilines is 2. The van der Waals surface area contributed by atoms with E-state index in [9.17, 15) is 9.59 Å². The summed E-state index contributed by atoms with van der Waals surface area (Å²) in [6, 6.07) is 10.8. The molecule has 2 aromatic rings. The van der Waals surface area contributed by atoms with Crippen LogP contribution in [0, 0.1) is 0 Å². The van der Waals surface area contributed by atoms with Gasteiger partial charge in [0.2, 0.25) is 5.91 Å². The van der Waals surface area contributed by atoms with E-state index in [1.165, 1.54) is 0 Å². The van der Waals surface area contributed by atoms with Crippen molar-refractivity contribution in [2.24, 2.45) is 0 Å². The quantitative estimate of drug-likeness (QED) is 0.873. The Balaban J connectivity index is 1.81. The van der Waals surface area contributed by atoms with Gasteiger partial charge in [-0.1, -0.05) is 6.07 Å². The summed E-state index contributed by atoms with van der Waals surface area (Å²) < 4.78 is 5.88. The number of rotatable bonds is 3. The number of halogens is 1. The standard InChI is InChI=1S/C18H17BrN2O3/c1-11(22)21-8-7-12-3-5-14(10-16(12)21)20-18(23)13-4-6-17(24-2)15(19)9-13/h3-6,9-10H,7-8H2,1-2H3,(H,20,23). The summed E-state index contributed by atoms with van der Waals surface area (Å²) in [4.78, 5) is 25.8. The Labute approximate surface area is 148 Å². The van der Waals surface area contributed by atoms with E-state index in [2.05, 4.69) is 21.2 Å². The molecule has 124 valence electrons. The molecule has 5 nitrogen and oxygen atoms in total. The van der Waals surface area contributed by atoms with Crippen molar-refractivity contribution in [3.05, 3.63) is 52.0 Å². The molecule has 0 aromatic heterocycles. The van der Waals surface area contributed by atoms with Crippen LogP contribution in [-0.2, 0) is 11.2 Å². The van der Waals surface area contributed by atoms with E-state index in [1.807, 2.05) is 18.2 Å². The van der Waals surface area contributed by atoms with Crippen molar-refractivity contribution < 1.29 is 14.3 Å². The number of nitrogens with zero attached hydrogens (tertiary/aromatic N) is 1. The maximum atomic E-state index is 12.4. The Bertz CT molecular complexity index is 820. The monoisotopic (exact) mass is 388 g/mol. The lowest BCUT2D eigenvalue weighted by Gasteiger charge is -2.16. The second kappa shape index (κ2) is 6.65. The molecular formula is C18H17BrN2O3. The van der Waals surface area contributed by atoms with E-state index in [1.54, 1.807) is 37.1 Å². The Morgan fingerprint density at radius 1 is 1.21 bits per heavy atom. The van der Waals surface area contributed by atoms with Crippen LogP contribution in [0.2, 0.25) is 0 Å². The van der Waals surface area contributed by atoms with Gasteiger partial charge in [0.05, 0.1) is 11.6 Å². The van der Waals surface area contributed by atoms with Gasteiger partial charge in [0.1, 0.15) is 5.75 Å². The molecule has 3 rings (SSSR count). The molecule has 0 unspecified atom stereocenters. The fourth-order valence-corrected chi connectivity index (χ4v) is 3.34. The highest BCUT2D eigenvalue weighted by Crippen LogP contribution is 2.31. The van der Waals surface area contributed by atoms with Crippen LogP contribution < -0.4 is 15.0 Å². The van der Waals surface area contributed by atoms with E-state index in [0.717, 1.165) is 17.7 Å². The summed E-state index contributed by atoms with van der Waals surface area (Å²) in [5.74, 6) is 0.461. The molecule has 0 radical (unpaired) electrons. The van der Waals surface area contributed by atoms with Crippen LogP contribution in [0.25, 0.3) is 0 Å². The first-order valence-corrected chi connectivity index (χ1v) is 8.35. The SMILES string of the molecule is COc1ccc(C(=O)Nc2ccc3c(c2)N(C(C)=O)CC3)cc1Br. The molecule has 0 fully saturated rings. The zero-order chi connectivity index (χ0) is 17.3. The number of carbonyl (C=O) groups excluding carboxylic acids is 2. The minimum absolute atomic E-state index is 0.0105. The number of hydrogen-bond acceptors (Lipinski definition) is 3. The van der Waals surface area contributed by atoms with Gasteiger partial charge in [0, 0.05) is 30.4 Å². The van der Waals surface area contributed by atoms with E-state index in [0.29, 0.717) is 28.0 Å². The van der Waals surface area contributed by atoms with Gasteiger partial charge >= 0.3 is 0 Å². The largest absolute Gasteiger partial charge is 0.496 e. The van der Waals surface area contributed by atoms with Crippen LogP contribution >= 0.6 is 15.9 Å². The normalized spacial score (nSPS) is 12.7. The van der Waals surface area contributed by atoms with Gasteiger partial charge in [-0.2, -0.15) is 0 Å². The number of methoxy groups -OCH3 is 1. The molecule has 6 heteroatoms. The molecule has 0 bridgehead atoms. The Morgan fingerprint density at radius 2 is 2.00 bits per heavy atom. The molecular weight excluding hydrogens is 372 g/mol. The third-order valence-electron chi connectivity index (χ3n) is 4.03. The average molecular weight is 389 g/mol. The molecule has 1 heterocycles. The van der Waals surface area contributed by atoms with Crippen molar-refractivity contribution in [1.82, 2.24) is 0 Å². The molecule has 0 saturated heterocycles. The topological polar surface area (TPSA) is 58.6 Å². The lowest BCUT2D eigenvalue weighted by atomic mass is 10.1. The number of benzene rings is 2. The van der Waals surface area contributed by atoms with Crippen molar-refractivity contribution in [3.63, 3.8) is 0 Å². The molecule has 0 aliphatic carbocycles. The maximum absolute atomic E-state index is 12.4. The predicted molar refractivity (Wildman–Crippen MR) is 96.8 cm³/mol. The van der Waals surface area contributed by atoms with Gasteiger partial charge < -0.3 is 15.0 Å². The predicted octanol–water partition coefficient (Wildman–Crippen LogP) is 3.62. The van der Waals surface area contributed by atoms with Crippen molar-refractivity contribution in [1.29, 1.82) is 0 Å². The average Bonchev–Trinajstić information content (AvgIpc) is 2.98. The highest BCUT2D eigenvalue weighted by atomic mass is 79.9. The van der Waals surface area contributed by atoms with E-state index in [4.69, 9.17) is 4.74 Å². The summed E-state index contributed by atoms with van der Waals surface area (Å²) in [5.41, 5.74) is 3.18. The lowest BCUT2D eigenvalue weighted by Crippen LogP contribution is -2.25. The van der Waals surface area contributed by atoms with Crippen molar-refractivity contribution in [2.75, 3.05) is 23.9 Å². The Morgan fingerprint density at radius 3 is 2.67 bits per heavy atom. The Hall–Kier alpha value is -2.34. The van der Waals surface area contributed by atoms with E-state index < -0.39 is 0 Å². The third kappa shape index (κ3) is 3.14. The van der Waals surface area contributed by atoms with Crippen LogP contribution in [0.5, 0.6) is 5.75 Å². The summed E-state index contributed by atoms with van der Waals surface area (Å²) >= 11 is 3.38. The summed E-state index contributed by atoms with van der Waals surface area (Å²) in [7, 11) is 1.57. The van der Waals surface area contributed by atoms with Crippen LogP contribution in [0.1, 0.15) is 22.8 Å². The fourth-order valence-electron chi connectivity index (χ4n) is 2.79. The number of amides is 2. The van der Waals surface area contributed by atoms with Gasteiger partial charge in [-0.15, -0.1) is 0 Å². The second-order valence-electron chi connectivity index (χ2n) is 5.57. The number of hydrogen-bond donors (Lipinski definition) is 1. The van der Waals surface area contributed by atoms with Crippen molar-refractivity contribution in [3.8, 4) is 5.75 Å². The first kappa shape index (κ1) is 16.5. The molecule has 0 saturated carbocycles. The van der Waals surface area contributed by atoms with E-state index >= 15 is 0 Å². The highest BCUT2D eigenvalue weighted by Gasteiger charge is 2.22. The van der Waals surface area contributed by atoms with Gasteiger partial charge in [-0.25, -0.2) is 0 Å². The number of ether oxygens (including phenoxy) is 1. The highest BCUT2D eigenvalue weighted by molar-refractivity contribution is 9.10. The first-order chi connectivity index (χ1) is 11.5. The van der Waals surface area contributed by atoms with E-state index in [-0.39, 0.29) is 11.8 Å². The molecule has 1 aliphatic heterocycles. The van der Waals surface area contributed by atoms with Crippen molar-refractivity contribution >= 4 is 39.1 Å². The molecule has 1 aliphatic rings. The smallest absolute Gasteiger partial charge is 0.255 e. The summed E-state index contributed by atoms with van der Waals surface area (Å²) in [6.45, 7) is 2.24. The maximum Gasteiger partial charge on any atom is 0.255 e. The van der Waals surface area contributed by atoms with Crippen LogP contribution in [-0.4, -0.2) is 25.5 Å². The number of fused-ring (bicyclic) bond motifs is 1. The molecule has 0 atom stereocenters. The number of nitrogens with one attached hydrogen (secondary N) is 1. The fraction of sp³-hybridized carbons (Fsp3) is 0.222. The van der Waals surface area contributed by atoms with Gasteiger partial charge in [-0.3, -0.25) is 9.59 Å². The van der Waals surface area contributed by atoms with Crippen molar-refractivity contribution in [2.45, 2.75) is 13.3 Å². The molecule has 0 spiro atoms. The van der Waals surface area contributed by atoms with Crippen LogP contribution in [0.15, 0.2) is 40.9 Å². The Kier molecular flexibility index (Phi) is 4.57.